The Morgan fingerprint density at radius 3 is 2.89 bits per heavy atom. The summed E-state index contributed by atoms with van der Waals surface area (Å²) < 4.78 is 0. The average Bonchev–Trinajstić information content (AvgIpc) is 2.45. The monoisotopic (exact) mass is 255 g/mol. The van der Waals surface area contributed by atoms with E-state index >= 15 is 0 Å². The molecule has 0 unspecified atom stereocenters. The van der Waals surface area contributed by atoms with Gasteiger partial charge in [-0.25, -0.2) is 0 Å². The van der Waals surface area contributed by atoms with E-state index in [0.29, 0.717) is 5.52 Å². The number of pyridine rings is 1. The molecule has 0 amide bonds. The highest BCUT2D eigenvalue weighted by Crippen LogP contribution is 2.27. The SMILES string of the molecule is CCCCCC/C=C/c1ccc2cccnc2c1O. The number of phenolic OH excluding ortho intramolecular Hbond substituents is 1. The molecule has 0 atom stereocenters. The summed E-state index contributed by atoms with van der Waals surface area (Å²) in [6.07, 6.45) is 12.0. The van der Waals surface area contributed by atoms with Gasteiger partial charge < -0.3 is 5.11 Å². The summed E-state index contributed by atoms with van der Waals surface area (Å²) in [6.45, 7) is 2.22. The van der Waals surface area contributed by atoms with E-state index in [9.17, 15) is 5.11 Å². The molecule has 0 aliphatic rings. The molecule has 0 radical (unpaired) electrons. The lowest BCUT2D eigenvalue weighted by Gasteiger charge is -2.03. The van der Waals surface area contributed by atoms with E-state index in [1.165, 1.54) is 25.7 Å². The second kappa shape index (κ2) is 6.93. The summed E-state index contributed by atoms with van der Waals surface area (Å²) in [6, 6.07) is 7.78. The van der Waals surface area contributed by atoms with E-state index in [4.69, 9.17) is 0 Å². The van der Waals surface area contributed by atoms with Gasteiger partial charge in [-0.2, -0.15) is 0 Å². The van der Waals surface area contributed by atoms with Gasteiger partial charge in [0.2, 0.25) is 0 Å². The summed E-state index contributed by atoms with van der Waals surface area (Å²) >= 11 is 0. The summed E-state index contributed by atoms with van der Waals surface area (Å²) in [4.78, 5) is 4.23. The quantitative estimate of drug-likeness (QED) is 0.743. The molecule has 1 heterocycles. The fraction of sp³-hybridized carbons (Fsp3) is 0.353. The third-order valence-corrected chi connectivity index (χ3v) is 3.30. The second-order valence-electron chi connectivity index (χ2n) is 4.83. The van der Waals surface area contributed by atoms with Crippen LogP contribution in [0.1, 0.15) is 44.6 Å². The maximum absolute atomic E-state index is 10.2. The van der Waals surface area contributed by atoms with Crippen molar-refractivity contribution >= 4 is 17.0 Å². The minimum absolute atomic E-state index is 0.280. The lowest BCUT2D eigenvalue weighted by Crippen LogP contribution is -1.82. The highest BCUT2D eigenvalue weighted by atomic mass is 16.3. The van der Waals surface area contributed by atoms with Gasteiger partial charge in [0.15, 0.2) is 0 Å². The van der Waals surface area contributed by atoms with Gasteiger partial charge in [-0.15, -0.1) is 0 Å². The largest absolute Gasteiger partial charge is 0.505 e. The minimum atomic E-state index is 0.280. The highest BCUT2D eigenvalue weighted by Gasteiger charge is 2.04. The number of fused-ring (bicyclic) bond motifs is 1. The van der Waals surface area contributed by atoms with E-state index in [-0.39, 0.29) is 5.75 Å². The molecule has 1 N–H and O–H groups in total. The molecule has 0 saturated heterocycles. The first kappa shape index (κ1) is 13.6. The molecule has 1 aromatic carbocycles. The summed E-state index contributed by atoms with van der Waals surface area (Å²) in [5.74, 6) is 0.280. The molecule has 0 aliphatic heterocycles. The van der Waals surface area contributed by atoms with Gasteiger partial charge in [0.25, 0.3) is 0 Å². The van der Waals surface area contributed by atoms with Gasteiger partial charge >= 0.3 is 0 Å². The fourth-order valence-corrected chi connectivity index (χ4v) is 2.18. The number of hydrogen-bond acceptors (Lipinski definition) is 2. The Morgan fingerprint density at radius 2 is 2.05 bits per heavy atom. The number of aromatic hydroxyl groups is 1. The molecule has 2 rings (SSSR count). The van der Waals surface area contributed by atoms with Gasteiger partial charge in [0.05, 0.1) is 0 Å². The first-order valence-corrected chi connectivity index (χ1v) is 7.06. The fourth-order valence-electron chi connectivity index (χ4n) is 2.18. The van der Waals surface area contributed by atoms with Crippen LogP contribution in [-0.4, -0.2) is 10.1 Å². The van der Waals surface area contributed by atoms with Crippen molar-refractivity contribution in [2.45, 2.75) is 39.0 Å². The number of aromatic nitrogens is 1. The molecular weight excluding hydrogens is 234 g/mol. The predicted molar refractivity (Wildman–Crippen MR) is 81.2 cm³/mol. The third kappa shape index (κ3) is 3.57. The van der Waals surface area contributed by atoms with Crippen molar-refractivity contribution in [3.8, 4) is 5.75 Å². The van der Waals surface area contributed by atoms with Crippen LogP contribution in [0.25, 0.3) is 17.0 Å². The number of rotatable bonds is 6. The summed E-state index contributed by atoms with van der Waals surface area (Å²) in [7, 11) is 0. The third-order valence-electron chi connectivity index (χ3n) is 3.30. The number of nitrogens with zero attached hydrogens (tertiary/aromatic N) is 1. The number of allylic oxidation sites excluding steroid dienone is 1. The maximum atomic E-state index is 10.2. The molecule has 0 aliphatic carbocycles. The lowest BCUT2D eigenvalue weighted by molar-refractivity contribution is 0.479. The van der Waals surface area contributed by atoms with Gasteiger partial charge in [0.1, 0.15) is 11.3 Å². The van der Waals surface area contributed by atoms with E-state index in [2.05, 4.69) is 18.0 Å². The molecule has 2 aromatic rings. The van der Waals surface area contributed by atoms with E-state index in [1.807, 2.05) is 30.3 Å². The molecule has 0 fully saturated rings. The van der Waals surface area contributed by atoms with Crippen LogP contribution >= 0.6 is 0 Å². The van der Waals surface area contributed by atoms with Crippen LogP contribution in [0.3, 0.4) is 0 Å². The topological polar surface area (TPSA) is 33.1 Å². The number of phenols is 1. The van der Waals surface area contributed by atoms with Crippen molar-refractivity contribution in [3.63, 3.8) is 0 Å². The molecule has 100 valence electrons. The van der Waals surface area contributed by atoms with Crippen LogP contribution in [0.5, 0.6) is 5.75 Å². The van der Waals surface area contributed by atoms with E-state index < -0.39 is 0 Å². The van der Waals surface area contributed by atoms with Crippen LogP contribution in [0, 0.1) is 0 Å². The van der Waals surface area contributed by atoms with Gasteiger partial charge in [-0.1, -0.05) is 56.5 Å². The van der Waals surface area contributed by atoms with Crippen LogP contribution < -0.4 is 0 Å². The van der Waals surface area contributed by atoms with Crippen LogP contribution in [0.15, 0.2) is 36.5 Å². The Hall–Kier alpha value is -1.83. The van der Waals surface area contributed by atoms with Gasteiger partial charge in [-0.3, -0.25) is 4.98 Å². The Labute approximate surface area is 114 Å². The van der Waals surface area contributed by atoms with Crippen molar-refractivity contribution in [2.24, 2.45) is 0 Å². The first-order chi connectivity index (χ1) is 9.33. The zero-order valence-electron chi connectivity index (χ0n) is 11.5. The molecule has 0 bridgehead atoms. The number of benzene rings is 1. The molecule has 0 saturated carbocycles. The molecule has 1 aromatic heterocycles. The van der Waals surface area contributed by atoms with Gasteiger partial charge in [0, 0.05) is 17.1 Å². The minimum Gasteiger partial charge on any atom is -0.505 e. The van der Waals surface area contributed by atoms with Gasteiger partial charge in [-0.05, 0) is 18.9 Å². The van der Waals surface area contributed by atoms with Crippen molar-refractivity contribution in [1.82, 2.24) is 4.98 Å². The summed E-state index contributed by atoms with van der Waals surface area (Å²) in [5, 5.41) is 11.1. The predicted octanol–water partition coefficient (Wildman–Crippen LogP) is 4.92. The molecule has 19 heavy (non-hydrogen) atoms. The standard InChI is InChI=1S/C17H21NO/c1-2-3-4-5-6-7-9-15-12-11-14-10-8-13-18-16(14)17(15)19/h7-13,19H,2-6H2,1H3/b9-7+. The van der Waals surface area contributed by atoms with E-state index in [1.54, 1.807) is 6.20 Å². The lowest BCUT2D eigenvalue weighted by atomic mass is 10.1. The summed E-state index contributed by atoms with van der Waals surface area (Å²) in [5.41, 5.74) is 1.53. The zero-order chi connectivity index (χ0) is 13.5. The van der Waals surface area contributed by atoms with Crippen molar-refractivity contribution < 1.29 is 5.11 Å². The number of unbranched alkanes of at least 4 members (excludes halogenated alkanes) is 4. The van der Waals surface area contributed by atoms with E-state index in [0.717, 1.165) is 17.4 Å². The Bertz CT molecular complexity index is 560. The Balaban J connectivity index is 2.04. The second-order valence-corrected chi connectivity index (χ2v) is 4.83. The van der Waals surface area contributed by atoms with Crippen LogP contribution in [-0.2, 0) is 0 Å². The first-order valence-electron chi connectivity index (χ1n) is 7.06. The van der Waals surface area contributed by atoms with Crippen molar-refractivity contribution in [3.05, 3.63) is 42.1 Å². The molecule has 2 nitrogen and oxygen atoms in total. The smallest absolute Gasteiger partial charge is 0.148 e. The van der Waals surface area contributed by atoms with Crippen molar-refractivity contribution in [2.75, 3.05) is 0 Å². The van der Waals surface area contributed by atoms with Crippen LogP contribution in [0.4, 0.5) is 0 Å². The number of hydrogen-bond donors (Lipinski definition) is 1. The maximum Gasteiger partial charge on any atom is 0.148 e. The Kier molecular flexibility index (Phi) is 4.96. The Morgan fingerprint density at radius 1 is 1.16 bits per heavy atom. The molecule has 0 spiro atoms. The molecule has 2 heteroatoms. The van der Waals surface area contributed by atoms with Crippen molar-refractivity contribution in [1.29, 1.82) is 0 Å². The molecular formula is C17H21NO. The van der Waals surface area contributed by atoms with Crippen LogP contribution in [0.2, 0.25) is 0 Å². The normalized spacial score (nSPS) is 11.4. The highest BCUT2D eigenvalue weighted by molar-refractivity contribution is 5.87. The zero-order valence-corrected chi connectivity index (χ0v) is 11.5. The average molecular weight is 255 g/mol.